The molecule has 1 N–H and O–H groups in total. The molecule has 0 aromatic carbocycles. The first-order valence-corrected chi connectivity index (χ1v) is 9.01. The van der Waals surface area contributed by atoms with Crippen molar-refractivity contribution < 1.29 is 19.1 Å². The van der Waals surface area contributed by atoms with E-state index in [-0.39, 0.29) is 23.6 Å². The number of hydrogen-bond acceptors (Lipinski definition) is 6. The van der Waals surface area contributed by atoms with E-state index in [1.165, 1.54) is 6.20 Å². The van der Waals surface area contributed by atoms with Crippen LogP contribution in [-0.4, -0.2) is 72.8 Å². The molecule has 2 aliphatic rings. The first-order chi connectivity index (χ1) is 12.3. The number of carbonyl (C=O) groups excluding carboxylic acids is 2. The van der Waals surface area contributed by atoms with Crippen molar-refractivity contribution in [1.82, 2.24) is 15.1 Å². The molecule has 2 heterocycles. The monoisotopic (exact) mass is 364 g/mol. The van der Waals surface area contributed by atoms with Crippen molar-refractivity contribution >= 4 is 12.0 Å². The molecule has 0 aromatic rings. The molecule has 2 amide bonds. The summed E-state index contributed by atoms with van der Waals surface area (Å²) in [7, 11) is 0. The van der Waals surface area contributed by atoms with Crippen LogP contribution in [0.25, 0.3) is 0 Å². The molecule has 0 spiro atoms. The third-order valence-corrected chi connectivity index (χ3v) is 4.26. The Bertz CT molecular complexity index is 577. The van der Waals surface area contributed by atoms with Gasteiger partial charge in [0.15, 0.2) is 0 Å². The Morgan fingerprint density at radius 2 is 1.77 bits per heavy atom. The molecule has 0 unspecified atom stereocenters. The number of rotatable bonds is 3. The van der Waals surface area contributed by atoms with Gasteiger partial charge in [-0.2, -0.15) is 5.26 Å². The van der Waals surface area contributed by atoms with Crippen molar-refractivity contribution in [3.05, 3.63) is 11.8 Å². The van der Waals surface area contributed by atoms with Crippen molar-refractivity contribution in [3.8, 4) is 6.07 Å². The van der Waals surface area contributed by atoms with Gasteiger partial charge in [-0.25, -0.2) is 4.79 Å². The van der Waals surface area contributed by atoms with E-state index in [2.05, 4.69) is 5.32 Å². The highest BCUT2D eigenvalue weighted by atomic mass is 16.6. The maximum Gasteiger partial charge on any atom is 0.410 e. The number of nitrogens with zero attached hydrogens (tertiary/aromatic N) is 3. The normalized spacial score (nSPS) is 19.7. The Labute approximate surface area is 154 Å². The highest BCUT2D eigenvalue weighted by Crippen LogP contribution is 2.15. The first-order valence-electron chi connectivity index (χ1n) is 9.01. The van der Waals surface area contributed by atoms with Crippen LogP contribution in [0, 0.1) is 11.3 Å². The smallest absolute Gasteiger partial charge is 0.410 e. The zero-order valence-corrected chi connectivity index (χ0v) is 15.8. The van der Waals surface area contributed by atoms with Gasteiger partial charge in [0.25, 0.3) is 5.91 Å². The standard InChI is InChI=1S/C18H28N4O4/c1-18(2,3)26-17(24)22-6-4-15(5-7-22)20-13-14(12-19)16(23)21-8-10-25-11-9-21/h13,15,20H,4-11H2,1-3H3/b14-13-. The third-order valence-electron chi connectivity index (χ3n) is 4.26. The fourth-order valence-electron chi connectivity index (χ4n) is 2.84. The summed E-state index contributed by atoms with van der Waals surface area (Å²) in [5.74, 6) is -0.269. The van der Waals surface area contributed by atoms with E-state index in [0.29, 0.717) is 39.4 Å². The van der Waals surface area contributed by atoms with Gasteiger partial charge in [-0.3, -0.25) is 4.79 Å². The SMILES string of the molecule is CC(C)(C)OC(=O)N1CCC(N/C=C(/C#N)C(=O)N2CCOCC2)CC1. The number of carbonyl (C=O) groups is 2. The summed E-state index contributed by atoms with van der Waals surface area (Å²) in [6, 6.07) is 2.09. The van der Waals surface area contributed by atoms with E-state index in [9.17, 15) is 14.9 Å². The van der Waals surface area contributed by atoms with Crippen LogP contribution in [0.5, 0.6) is 0 Å². The molecule has 0 bridgehead atoms. The zero-order chi connectivity index (χ0) is 19.2. The van der Waals surface area contributed by atoms with Crippen molar-refractivity contribution in [2.75, 3.05) is 39.4 Å². The summed E-state index contributed by atoms with van der Waals surface area (Å²) in [4.78, 5) is 27.7. The molecule has 8 heteroatoms. The van der Waals surface area contributed by atoms with Crippen molar-refractivity contribution in [2.24, 2.45) is 0 Å². The van der Waals surface area contributed by atoms with Gasteiger partial charge in [0.1, 0.15) is 17.2 Å². The Kier molecular flexibility index (Phi) is 6.86. The minimum absolute atomic E-state index is 0.0986. The molecule has 2 aliphatic heterocycles. The molecule has 0 aliphatic carbocycles. The summed E-state index contributed by atoms with van der Waals surface area (Å²) in [5, 5.41) is 12.4. The summed E-state index contributed by atoms with van der Waals surface area (Å²) in [5.41, 5.74) is -0.405. The molecule has 0 atom stereocenters. The van der Waals surface area contributed by atoms with Crippen LogP contribution in [0.2, 0.25) is 0 Å². The van der Waals surface area contributed by atoms with Gasteiger partial charge in [0, 0.05) is 38.4 Å². The zero-order valence-electron chi connectivity index (χ0n) is 15.8. The van der Waals surface area contributed by atoms with E-state index >= 15 is 0 Å². The van der Waals surface area contributed by atoms with E-state index in [1.807, 2.05) is 26.8 Å². The Balaban J connectivity index is 1.82. The fraction of sp³-hybridized carbons (Fsp3) is 0.722. The van der Waals surface area contributed by atoms with Crippen molar-refractivity contribution in [2.45, 2.75) is 45.3 Å². The van der Waals surface area contributed by atoms with Gasteiger partial charge in [-0.1, -0.05) is 0 Å². The Morgan fingerprint density at radius 1 is 1.15 bits per heavy atom. The minimum Gasteiger partial charge on any atom is -0.444 e. The van der Waals surface area contributed by atoms with Gasteiger partial charge in [0.05, 0.1) is 13.2 Å². The average molecular weight is 364 g/mol. The molecule has 2 fully saturated rings. The van der Waals surface area contributed by atoms with Gasteiger partial charge in [-0.15, -0.1) is 0 Å². The Hall–Kier alpha value is -2.27. The molecule has 0 saturated carbocycles. The first kappa shape index (κ1) is 20.0. The van der Waals surface area contributed by atoms with Crippen LogP contribution >= 0.6 is 0 Å². The number of likely N-dealkylation sites (tertiary alicyclic amines) is 1. The number of ether oxygens (including phenoxy) is 2. The molecule has 26 heavy (non-hydrogen) atoms. The van der Waals surface area contributed by atoms with Crippen LogP contribution in [0.4, 0.5) is 4.79 Å². The van der Waals surface area contributed by atoms with Gasteiger partial charge in [0.2, 0.25) is 0 Å². The van der Waals surface area contributed by atoms with E-state index in [4.69, 9.17) is 9.47 Å². The van der Waals surface area contributed by atoms with Crippen LogP contribution in [-0.2, 0) is 14.3 Å². The number of nitriles is 1. The molecule has 2 saturated heterocycles. The average Bonchev–Trinajstić information content (AvgIpc) is 2.62. The van der Waals surface area contributed by atoms with Crippen LogP contribution in [0.1, 0.15) is 33.6 Å². The highest BCUT2D eigenvalue weighted by molar-refractivity contribution is 5.97. The van der Waals surface area contributed by atoms with Crippen LogP contribution < -0.4 is 5.32 Å². The van der Waals surface area contributed by atoms with Gasteiger partial charge < -0.3 is 24.6 Å². The van der Waals surface area contributed by atoms with Gasteiger partial charge in [-0.05, 0) is 33.6 Å². The topological polar surface area (TPSA) is 94.9 Å². The lowest BCUT2D eigenvalue weighted by atomic mass is 10.1. The number of amides is 2. The third kappa shape index (κ3) is 5.92. The lowest BCUT2D eigenvalue weighted by molar-refractivity contribution is -0.130. The van der Waals surface area contributed by atoms with Gasteiger partial charge >= 0.3 is 6.09 Å². The predicted molar refractivity (Wildman–Crippen MR) is 95.1 cm³/mol. The molecule has 2 rings (SSSR count). The van der Waals surface area contributed by atoms with E-state index in [0.717, 1.165) is 12.8 Å². The molecular weight excluding hydrogens is 336 g/mol. The second kappa shape index (κ2) is 8.90. The number of piperidine rings is 1. The lowest BCUT2D eigenvalue weighted by Gasteiger charge is -2.33. The highest BCUT2D eigenvalue weighted by Gasteiger charge is 2.27. The second-order valence-corrected chi connectivity index (χ2v) is 7.48. The summed E-state index contributed by atoms with van der Waals surface area (Å²) in [6.07, 6.45) is 2.68. The summed E-state index contributed by atoms with van der Waals surface area (Å²) in [6.45, 7) is 8.72. The van der Waals surface area contributed by atoms with Crippen molar-refractivity contribution in [1.29, 1.82) is 5.26 Å². The fourth-order valence-corrected chi connectivity index (χ4v) is 2.84. The van der Waals surface area contributed by atoms with Crippen molar-refractivity contribution in [3.63, 3.8) is 0 Å². The minimum atomic E-state index is -0.504. The Morgan fingerprint density at radius 3 is 2.31 bits per heavy atom. The maximum atomic E-state index is 12.3. The number of nitrogens with one attached hydrogen (secondary N) is 1. The molecule has 8 nitrogen and oxygen atoms in total. The van der Waals surface area contributed by atoms with Crippen LogP contribution in [0.3, 0.4) is 0 Å². The maximum absolute atomic E-state index is 12.3. The van der Waals surface area contributed by atoms with E-state index in [1.54, 1.807) is 9.80 Å². The largest absolute Gasteiger partial charge is 0.444 e. The summed E-state index contributed by atoms with van der Waals surface area (Å²) < 4.78 is 10.6. The lowest BCUT2D eigenvalue weighted by Crippen LogP contribution is -2.46. The summed E-state index contributed by atoms with van der Waals surface area (Å²) >= 11 is 0. The predicted octanol–water partition coefficient (Wildman–Crippen LogP) is 1.24. The van der Waals surface area contributed by atoms with Crippen LogP contribution in [0.15, 0.2) is 11.8 Å². The molecular formula is C18H28N4O4. The molecule has 144 valence electrons. The second-order valence-electron chi connectivity index (χ2n) is 7.48. The van der Waals surface area contributed by atoms with E-state index < -0.39 is 5.60 Å². The number of hydrogen-bond donors (Lipinski definition) is 1. The quantitative estimate of drug-likeness (QED) is 0.598. The molecule has 0 radical (unpaired) electrons. The number of morpholine rings is 1. The molecule has 0 aromatic heterocycles.